The summed E-state index contributed by atoms with van der Waals surface area (Å²) >= 11 is 0. The normalized spacial score (nSPS) is 52.2. The molecular weight excluding hydrogens is 162 g/mol. The molecule has 4 rings (SSSR count). The molecule has 1 amide bonds. The maximum Gasteiger partial charge on any atom is 0.207 e. The van der Waals surface area contributed by atoms with Gasteiger partial charge < -0.3 is 5.32 Å². The third kappa shape index (κ3) is 1.11. The van der Waals surface area contributed by atoms with Crippen LogP contribution in [0.1, 0.15) is 32.1 Å². The van der Waals surface area contributed by atoms with Crippen LogP contribution in [-0.2, 0) is 4.79 Å². The molecule has 0 aromatic heterocycles. The first-order valence-corrected chi connectivity index (χ1v) is 5.56. The molecule has 4 fully saturated rings. The van der Waals surface area contributed by atoms with Crippen molar-refractivity contribution in [1.82, 2.24) is 5.32 Å². The second-order valence-electron chi connectivity index (χ2n) is 5.24. The molecule has 4 saturated carbocycles. The summed E-state index contributed by atoms with van der Waals surface area (Å²) < 4.78 is 0. The van der Waals surface area contributed by atoms with Gasteiger partial charge in [0.15, 0.2) is 0 Å². The van der Waals surface area contributed by atoms with Crippen molar-refractivity contribution in [2.24, 2.45) is 23.7 Å². The van der Waals surface area contributed by atoms with E-state index in [2.05, 4.69) is 5.32 Å². The Hall–Kier alpha value is -0.530. The van der Waals surface area contributed by atoms with E-state index >= 15 is 0 Å². The Bertz CT molecular complexity index is 198. The minimum absolute atomic E-state index is 0.533. The number of carbonyl (C=O) groups is 1. The number of hydrogen-bond donors (Lipinski definition) is 1. The molecule has 4 bridgehead atoms. The van der Waals surface area contributed by atoms with Gasteiger partial charge in [-0.1, -0.05) is 0 Å². The number of carbonyl (C=O) groups excluding carboxylic acids is 1. The molecule has 0 atom stereocenters. The average molecular weight is 179 g/mol. The Balaban J connectivity index is 1.81. The van der Waals surface area contributed by atoms with E-state index in [1.165, 1.54) is 32.1 Å². The van der Waals surface area contributed by atoms with Gasteiger partial charge in [-0.05, 0) is 55.8 Å². The second kappa shape index (κ2) is 2.73. The lowest BCUT2D eigenvalue weighted by atomic mass is 9.54. The van der Waals surface area contributed by atoms with Crippen LogP contribution in [0.3, 0.4) is 0 Å². The standard InChI is InChI=1S/C11H17NO/c13-6-12-11-9-2-7-1-8(4-9)5-10(11)3-7/h6-11H,1-5H2,(H,12,13). The van der Waals surface area contributed by atoms with Gasteiger partial charge in [0.25, 0.3) is 0 Å². The van der Waals surface area contributed by atoms with Crippen LogP contribution in [0.15, 0.2) is 0 Å². The molecule has 0 heterocycles. The monoisotopic (exact) mass is 179 g/mol. The highest BCUT2D eigenvalue weighted by Crippen LogP contribution is 2.53. The fourth-order valence-corrected chi connectivity index (χ4v) is 4.28. The summed E-state index contributed by atoms with van der Waals surface area (Å²) in [5, 5.41) is 3.05. The van der Waals surface area contributed by atoms with Gasteiger partial charge in [0.2, 0.25) is 6.41 Å². The van der Waals surface area contributed by atoms with Crippen molar-refractivity contribution < 1.29 is 4.79 Å². The zero-order valence-corrected chi connectivity index (χ0v) is 7.91. The number of amides is 1. The summed E-state index contributed by atoms with van der Waals surface area (Å²) in [6, 6.07) is 0.533. The zero-order valence-electron chi connectivity index (χ0n) is 7.91. The number of hydrogen-bond acceptors (Lipinski definition) is 1. The van der Waals surface area contributed by atoms with E-state index < -0.39 is 0 Å². The van der Waals surface area contributed by atoms with Gasteiger partial charge in [-0.3, -0.25) is 4.79 Å². The molecule has 1 N–H and O–H groups in total. The summed E-state index contributed by atoms with van der Waals surface area (Å²) in [7, 11) is 0. The van der Waals surface area contributed by atoms with Crippen LogP contribution < -0.4 is 5.32 Å². The Morgan fingerprint density at radius 2 is 1.46 bits per heavy atom. The van der Waals surface area contributed by atoms with Crippen LogP contribution in [-0.4, -0.2) is 12.5 Å². The van der Waals surface area contributed by atoms with Crippen LogP contribution in [0.2, 0.25) is 0 Å². The third-order valence-electron chi connectivity index (χ3n) is 4.49. The van der Waals surface area contributed by atoms with E-state index in [0.29, 0.717) is 6.04 Å². The van der Waals surface area contributed by atoms with Gasteiger partial charge in [-0.15, -0.1) is 0 Å². The minimum atomic E-state index is 0.533. The third-order valence-corrected chi connectivity index (χ3v) is 4.49. The first kappa shape index (κ1) is 7.84. The Morgan fingerprint density at radius 3 is 1.92 bits per heavy atom. The molecular formula is C11H17NO. The summed E-state index contributed by atoms with van der Waals surface area (Å²) in [6.45, 7) is 0. The fourth-order valence-electron chi connectivity index (χ4n) is 4.28. The van der Waals surface area contributed by atoms with Gasteiger partial charge in [0, 0.05) is 6.04 Å². The van der Waals surface area contributed by atoms with Gasteiger partial charge in [0.1, 0.15) is 0 Å². The summed E-state index contributed by atoms with van der Waals surface area (Å²) in [4.78, 5) is 10.5. The quantitative estimate of drug-likeness (QED) is 0.640. The van der Waals surface area contributed by atoms with E-state index in [1.807, 2.05) is 0 Å². The number of nitrogens with one attached hydrogen (secondary N) is 1. The Morgan fingerprint density at radius 1 is 0.923 bits per heavy atom. The van der Waals surface area contributed by atoms with Crippen molar-refractivity contribution >= 4 is 6.41 Å². The largest absolute Gasteiger partial charge is 0.355 e. The predicted octanol–water partition coefficient (Wildman–Crippen LogP) is 1.56. The molecule has 0 spiro atoms. The first-order chi connectivity index (χ1) is 6.36. The van der Waals surface area contributed by atoms with Crippen molar-refractivity contribution in [3.05, 3.63) is 0 Å². The molecule has 2 heteroatoms. The molecule has 0 aromatic rings. The number of rotatable bonds is 2. The van der Waals surface area contributed by atoms with Crippen LogP contribution in [0.5, 0.6) is 0 Å². The van der Waals surface area contributed by atoms with E-state index in [1.54, 1.807) is 0 Å². The molecule has 0 aromatic carbocycles. The molecule has 0 aliphatic heterocycles. The van der Waals surface area contributed by atoms with Gasteiger partial charge in [-0.2, -0.15) is 0 Å². The van der Waals surface area contributed by atoms with Crippen LogP contribution in [0.25, 0.3) is 0 Å². The zero-order chi connectivity index (χ0) is 8.84. The van der Waals surface area contributed by atoms with E-state index in [0.717, 1.165) is 30.1 Å². The highest BCUT2D eigenvalue weighted by Gasteiger charge is 2.47. The van der Waals surface area contributed by atoms with Crippen LogP contribution in [0, 0.1) is 23.7 Å². The van der Waals surface area contributed by atoms with Crippen molar-refractivity contribution in [2.45, 2.75) is 38.1 Å². The average Bonchev–Trinajstić information content (AvgIpc) is 2.10. The van der Waals surface area contributed by atoms with Crippen molar-refractivity contribution in [3.8, 4) is 0 Å². The smallest absolute Gasteiger partial charge is 0.207 e. The molecule has 2 nitrogen and oxygen atoms in total. The Labute approximate surface area is 79.1 Å². The highest BCUT2D eigenvalue weighted by molar-refractivity contribution is 5.47. The molecule has 4 aliphatic carbocycles. The minimum Gasteiger partial charge on any atom is -0.355 e. The molecule has 0 saturated heterocycles. The highest BCUT2D eigenvalue weighted by atomic mass is 16.1. The lowest BCUT2D eigenvalue weighted by Gasteiger charge is -2.54. The van der Waals surface area contributed by atoms with Gasteiger partial charge in [-0.25, -0.2) is 0 Å². The second-order valence-corrected chi connectivity index (χ2v) is 5.24. The van der Waals surface area contributed by atoms with E-state index in [9.17, 15) is 4.79 Å². The predicted molar refractivity (Wildman–Crippen MR) is 50.0 cm³/mol. The topological polar surface area (TPSA) is 29.1 Å². The fraction of sp³-hybridized carbons (Fsp3) is 0.909. The molecule has 72 valence electrons. The maximum atomic E-state index is 10.5. The molecule has 13 heavy (non-hydrogen) atoms. The summed E-state index contributed by atoms with van der Waals surface area (Å²) in [6.07, 6.45) is 7.95. The summed E-state index contributed by atoms with van der Waals surface area (Å²) in [5.74, 6) is 3.65. The van der Waals surface area contributed by atoms with Crippen molar-refractivity contribution in [2.75, 3.05) is 0 Å². The molecule has 0 radical (unpaired) electrons. The lowest BCUT2D eigenvalue weighted by molar-refractivity contribution is -0.113. The van der Waals surface area contributed by atoms with Crippen LogP contribution >= 0.6 is 0 Å². The molecule has 0 unspecified atom stereocenters. The van der Waals surface area contributed by atoms with E-state index in [-0.39, 0.29) is 0 Å². The van der Waals surface area contributed by atoms with Crippen molar-refractivity contribution in [3.63, 3.8) is 0 Å². The summed E-state index contributed by atoms with van der Waals surface area (Å²) in [5.41, 5.74) is 0. The molecule has 4 aliphatic rings. The maximum absolute atomic E-state index is 10.5. The van der Waals surface area contributed by atoms with Gasteiger partial charge in [0.05, 0.1) is 0 Å². The first-order valence-electron chi connectivity index (χ1n) is 5.56. The Kier molecular flexibility index (Phi) is 1.64. The van der Waals surface area contributed by atoms with Crippen molar-refractivity contribution in [1.29, 1.82) is 0 Å². The van der Waals surface area contributed by atoms with E-state index in [4.69, 9.17) is 0 Å². The SMILES string of the molecule is O=CNC1C2CC3CC(C2)CC1C3. The van der Waals surface area contributed by atoms with Crippen LogP contribution in [0.4, 0.5) is 0 Å². The van der Waals surface area contributed by atoms with Gasteiger partial charge >= 0.3 is 0 Å². The lowest BCUT2D eigenvalue weighted by Crippen LogP contribution is -2.54.